The molecule has 0 bridgehead atoms. The molecule has 0 aliphatic heterocycles. The van der Waals surface area contributed by atoms with Crippen molar-refractivity contribution in [1.29, 1.82) is 5.26 Å². The molecule has 17 heavy (non-hydrogen) atoms. The van der Waals surface area contributed by atoms with E-state index in [0.717, 1.165) is 5.56 Å². The molecular weight excluding hydrogens is 236 g/mol. The van der Waals surface area contributed by atoms with Gasteiger partial charge in [-0.05, 0) is 18.2 Å². The Kier molecular flexibility index (Phi) is 3.59. The number of nitriles is 1. The standard InChI is InChI=1S/C13H9ClN2O/c14-12-4-1-5-13(11(12)7-15)17-9-10-3-2-6-16-8-10/h1-6,8H,9H2. The summed E-state index contributed by atoms with van der Waals surface area (Å²) in [7, 11) is 0. The number of hydrogen-bond donors (Lipinski definition) is 0. The first-order valence-corrected chi connectivity index (χ1v) is 5.39. The molecule has 2 rings (SSSR count). The van der Waals surface area contributed by atoms with Crippen LogP contribution in [0.5, 0.6) is 5.75 Å². The first-order chi connectivity index (χ1) is 8.31. The molecule has 0 fully saturated rings. The maximum absolute atomic E-state index is 8.97. The molecule has 4 heteroatoms. The average Bonchev–Trinajstić information content (AvgIpc) is 2.37. The van der Waals surface area contributed by atoms with E-state index in [4.69, 9.17) is 21.6 Å². The minimum Gasteiger partial charge on any atom is -0.487 e. The molecule has 0 aliphatic carbocycles. The Hall–Kier alpha value is -2.05. The van der Waals surface area contributed by atoms with Crippen molar-refractivity contribution in [3.05, 3.63) is 58.9 Å². The van der Waals surface area contributed by atoms with E-state index in [0.29, 0.717) is 22.9 Å². The van der Waals surface area contributed by atoms with Crippen molar-refractivity contribution in [3.63, 3.8) is 0 Å². The van der Waals surface area contributed by atoms with Crippen molar-refractivity contribution in [1.82, 2.24) is 4.98 Å². The summed E-state index contributed by atoms with van der Waals surface area (Å²) in [6, 6.07) is 10.9. The highest BCUT2D eigenvalue weighted by Gasteiger charge is 2.07. The lowest BCUT2D eigenvalue weighted by Crippen LogP contribution is -1.97. The monoisotopic (exact) mass is 244 g/mol. The molecule has 1 heterocycles. The van der Waals surface area contributed by atoms with Crippen molar-refractivity contribution < 1.29 is 4.74 Å². The summed E-state index contributed by atoms with van der Waals surface area (Å²) in [6.45, 7) is 0.364. The minimum atomic E-state index is 0.359. The zero-order valence-electron chi connectivity index (χ0n) is 8.93. The third-order valence-electron chi connectivity index (χ3n) is 2.20. The van der Waals surface area contributed by atoms with Crippen molar-refractivity contribution in [2.75, 3.05) is 0 Å². The van der Waals surface area contributed by atoms with E-state index >= 15 is 0 Å². The molecule has 1 aromatic carbocycles. The summed E-state index contributed by atoms with van der Waals surface area (Å²) in [6.07, 6.45) is 3.42. The highest BCUT2D eigenvalue weighted by Crippen LogP contribution is 2.25. The SMILES string of the molecule is N#Cc1c(Cl)cccc1OCc1cccnc1. The quantitative estimate of drug-likeness (QED) is 0.833. The minimum absolute atomic E-state index is 0.359. The smallest absolute Gasteiger partial charge is 0.139 e. The number of halogens is 1. The summed E-state index contributed by atoms with van der Waals surface area (Å²) in [5, 5.41) is 9.37. The van der Waals surface area contributed by atoms with Gasteiger partial charge in [0.2, 0.25) is 0 Å². The molecule has 2 aromatic rings. The first-order valence-electron chi connectivity index (χ1n) is 5.01. The summed E-state index contributed by atoms with van der Waals surface area (Å²) >= 11 is 5.90. The van der Waals surface area contributed by atoms with Gasteiger partial charge in [-0.2, -0.15) is 5.26 Å². The normalized spacial score (nSPS) is 9.65. The van der Waals surface area contributed by atoms with Gasteiger partial charge in [-0.3, -0.25) is 4.98 Å². The molecule has 0 radical (unpaired) electrons. The maximum Gasteiger partial charge on any atom is 0.139 e. The molecule has 0 unspecified atom stereocenters. The molecule has 0 atom stereocenters. The van der Waals surface area contributed by atoms with Crippen molar-refractivity contribution in [3.8, 4) is 11.8 Å². The second kappa shape index (κ2) is 5.33. The fraction of sp³-hybridized carbons (Fsp3) is 0.0769. The third kappa shape index (κ3) is 2.74. The number of rotatable bonds is 3. The third-order valence-corrected chi connectivity index (χ3v) is 2.52. The molecule has 0 N–H and O–H groups in total. The largest absolute Gasteiger partial charge is 0.487 e. The van der Waals surface area contributed by atoms with Gasteiger partial charge in [-0.25, -0.2) is 0 Å². The Labute approximate surface area is 104 Å². The number of pyridine rings is 1. The second-order valence-corrected chi connectivity index (χ2v) is 3.78. The van der Waals surface area contributed by atoms with Crippen LogP contribution < -0.4 is 4.74 Å². The highest BCUT2D eigenvalue weighted by atomic mass is 35.5. The van der Waals surface area contributed by atoms with Crippen LogP contribution in [0.3, 0.4) is 0 Å². The zero-order chi connectivity index (χ0) is 12.1. The van der Waals surface area contributed by atoms with Gasteiger partial charge in [-0.1, -0.05) is 23.7 Å². The van der Waals surface area contributed by atoms with Crippen LogP contribution in [0, 0.1) is 11.3 Å². The highest BCUT2D eigenvalue weighted by molar-refractivity contribution is 6.31. The Morgan fingerprint density at radius 1 is 1.29 bits per heavy atom. The lowest BCUT2D eigenvalue weighted by atomic mass is 10.2. The van der Waals surface area contributed by atoms with Gasteiger partial charge in [0, 0.05) is 18.0 Å². The fourth-order valence-corrected chi connectivity index (χ4v) is 1.59. The molecule has 0 saturated carbocycles. The molecule has 0 spiro atoms. The number of ether oxygens (including phenoxy) is 1. The number of nitrogens with zero attached hydrogens (tertiary/aromatic N) is 2. The number of hydrogen-bond acceptors (Lipinski definition) is 3. The number of benzene rings is 1. The first kappa shape index (κ1) is 11.4. The van der Waals surface area contributed by atoms with Crippen LogP contribution in [-0.2, 0) is 6.61 Å². The Morgan fingerprint density at radius 3 is 2.88 bits per heavy atom. The predicted molar refractivity (Wildman–Crippen MR) is 64.7 cm³/mol. The Bertz CT molecular complexity index is 549. The Balaban J connectivity index is 2.15. The van der Waals surface area contributed by atoms with Gasteiger partial charge in [0.25, 0.3) is 0 Å². The fourth-order valence-electron chi connectivity index (χ4n) is 1.38. The van der Waals surface area contributed by atoms with Crippen molar-refractivity contribution in [2.45, 2.75) is 6.61 Å². The van der Waals surface area contributed by atoms with Crippen LogP contribution in [0.2, 0.25) is 5.02 Å². The van der Waals surface area contributed by atoms with E-state index in [1.165, 1.54) is 0 Å². The molecule has 84 valence electrons. The van der Waals surface area contributed by atoms with Crippen molar-refractivity contribution in [2.24, 2.45) is 0 Å². The number of aromatic nitrogens is 1. The van der Waals surface area contributed by atoms with E-state index < -0.39 is 0 Å². The summed E-state index contributed by atoms with van der Waals surface area (Å²) in [4.78, 5) is 3.99. The maximum atomic E-state index is 8.97. The molecule has 3 nitrogen and oxygen atoms in total. The molecular formula is C13H9ClN2O. The second-order valence-electron chi connectivity index (χ2n) is 3.37. The summed E-state index contributed by atoms with van der Waals surface area (Å²) in [5.74, 6) is 0.490. The molecule has 0 aliphatic rings. The van der Waals surface area contributed by atoms with Gasteiger partial charge in [0.15, 0.2) is 0 Å². The van der Waals surface area contributed by atoms with Gasteiger partial charge in [0.05, 0.1) is 5.02 Å². The van der Waals surface area contributed by atoms with Gasteiger partial charge >= 0.3 is 0 Å². The predicted octanol–water partition coefficient (Wildman–Crippen LogP) is 3.19. The lowest BCUT2D eigenvalue weighted by molar-refractivity contribution is 0.305. The van der Waals surface area contributed by atoms with E-state index in [1.807, 2.05) is 18.2 Å². The van der Waals surface area contributed by atoms with Gasteiger partial charge < -0.3 is 4.74 Å². The van der Waals surface area contributed by atoms with Crippen LogP contribution >= 0.6 is 11.6 Å². The van der Waals surface area contributed by atoms with Gasteiger partial charge in [0.1, 0.15) is 24.0 Å². The summed E-state index contributed by atoms with van der Waals surface area (Å²) in [5.41, 5.74) is 1.30. The summed E-state index contributed by atoms with van der Waals surface area (Å²) < 4.78 is 5.55. The average molecular weight is 245 g/mol. The molecule has 0 saturated heterocycles. The lowest BCUT2D eigenvalue weighted by Gasteiger charge is -2.08. The Morgan fingerprint density at radius 2 is 2.18 bits per heavy atom. The van der Waals surface area contributed by atoms with E-state index in [-0.39, 0.29) is 0 Å². The van der Waals surface area contributed by atoms with Crippen LogP contribution in [0.15, 0.2) is 42.7 Å². The van der Waals surface area contributed by atoms with E-state index in [2.05, 4.69) is 4.98 Å². The van der Waals surface area contributed by atoms with Crippen molar-refractivity contribution >= 4 is 11.6 Å². The van der Waals surface area contributed by atoms with Crippen LogP contribution in [0.4, 0.5) is 0 Å². The van der Waals surface area contributed by atoms with E-state index in [9.17, 15) is 0 Å². The van der Waals surface area contributed by atoms with Crippen LogP contribution in [-0.4, -0.2) is 4.98 Å². The van der Waals surface area contributed by atoms with E-state index in [1.54, 1.807) is 30.6 Å². The van der Waals surface area contributed by atoms with Crippen LogP contribution in [0.25, 0.3) is 0 Å². The van der Waals surface area contributed by atoms with Crippen LogP contribution in [0.1, 0.15) is 11.1 Å². The molecule has 0 amide bonds. The molecule has 1 aromatic heterocycles. The topological polar surface area (TPSA) is 45.9 Å². The zero-order valence-corrected chi connectivity index (χ0v) is 9.69. The van der Waals surface area contributed by atoms with Gasteiger partial charge in [-0.15, -0.1) is 0 Å².